The molecule has 0 atom stereocenters. The molecule has 1 aromatic carbocycles. The molecule has 1 amide bonds. The van der Waals surface area contributed by atoms with E-state index in [1.807, 2.05) is 49.2 Å². The van der Waals surface area contributed by atoms with E-state index in [0.717, 1.165) is 23.3 Å². The quantitative estimate of drug-likeness (QED) is 0.438. The Labute approximate surface area is 159 Å². The number of carbonyl (C=O) groups is 1. The summed E-state index contributed by atoms with van der Waals surface area (Å²) >= 11 is 0. The summed E-state index contributed by atoms with van der Waals surface area (Å²) in [6, 6.07) is 9.95. The summed E-state index contributed by atoms with van der Waals surface area (Å²) in [5.41, 5.74) is 0.876. The average molecular weight is 444 g/mol. The van der Waals surface area contributed by atoms with Crippen LogP contribution in [0.1, 0.15) is 12.7 Å². The number of halogens is 1. The minimum atomic E-state index is -0.0301. The summed E-state index contributed by atoms with van der Waals surface area (Å²) < 4.78 is 5.83. The minimum Gasteiger partial charge on any atom is -0.459 e. The zero-order chi connectivity index (χ0) is 16.8. The van der Waals surface area contributed by atoms with Crippen molar-refractivity contribution in [3.63, 3.8) is 0 Å². The zero-order valence-corrected chi connectivity index (χ0v) is 16.9. The lowest BCUT2D eigenvalue weighted by atomic mass is 10.2. The predicted molar refractivity (Wildman–Crippen MR) is 108 cm³/mol. The number of aliphatic imine (C=N–C) groups is 1. The highest BCUT2D eigenvalue weighted by Crippen LogP contribution is 2.19. The van der Waals surface area contributed by atoms with Crippen molar-refractivity contribution in [3.05, 3.63) is 36.1 Å². The third-order valence-electron chi connectivity index (χ3n) is 3.43. The number of benzene rings is 1. The third-order valence-corrected chi connectivity index (χ3v) is 3.43. The highest BCUT2D eigenvalue weighted by atomic mass is 127. The monoisotopic (exact) mass is 444 g/mol. The SMILES string of the molecule is CCNC(=NCC(=O)N(C)C)N(C)Cc1cc2ccccc2o1.I. The Hall–Kier alpha value is -1.77. The summed E-state index contributed by atoms with van der Waals surface area (Å²) in [6.45, 7) is 3.44. The van der Waals surface area contributed by atoms with Crippen LogP contribution >= 0.6 is 24.0 Å². The molecule has 132 valence electrons. The van der Waals surface area contributed by atoms with E-state index in [-0.39, 0.29) is 36.4 Å². The molecule has 1 aromatic heterocycles. The number of rotatable bonds is 5. The van der Waals surface area contributed by atoms with Crippen LogP contribution < -0.4 is 5.32 Å². The highest BCUT2D eigenvalue weighted by molar-refractivity contribution is 14.0. The van der Waals surface area contributed by atoms with Gasteiger partial charge < -0.3 is 19.5 Å². The second-order valence-corrected chi connectivity index (χ2v) is 5.56. The molecule has 0 spiro atoms. The van der Waals surface area contributed by atoms with E-state index >= 15 is 0 Å². The number of nitrogens with one attached hydrogen (secondary N) is 1. The van der Waals surface area contributed by atoms with Crippen molar-refractivity contribution >= 4 is 46.8 Å². The predicted octanol–water partition coefficient (Wildman–Crippen LogP) is 2.54. The van der Waals surface area contributed by atoms with Crippen LogP contribution in [0.5, 0.6) is 0 Å². The van der Waals surface area contributed by atoms with Gasteiger partial charge in [-0.3, -0.25) is 4.79 Å². The number of fused-ring (bicyclic) bond motifs is 1. The Balaban J connectivity index is 0.00000288. The molecule has 7 heteroatoms. The Kier molecular flexibility index (Phi) is 8.03. The molecule has 1 N–H and O–H groups in total. The summed E-state index contributed by atoms with van der Waals surface area (Å²) in [7, 11) is 5.38. The molecule has 6 nitrogen and oxygen atoms in total. The lowest BCUT2D eigenvalue weighted by molar-refractivity contribution is -0.127. The van der Waals surface area contributed by atoms with Gasteiger partial charge in [-0.05, 0) is 19.1 Å². The molecule has 0 aliphatic rings. The molecule has 0 aliphatic heterocycles. The van der Waals surface area contributed by atoms with Gasteiger partial charge in [-0.1, -0.05) is 18.2 Å². The molecule has 24 heavy (non-hydrogen) atoms. The molecular weight excluding hydrogens is 419 g/mol. The molecular formula is C17H25IN4O2. The summed E-state index contributed by atoms with van der Waals surface area (Å²) in [4.78, 5) is 19.6. The van der Waals surface area contributed by atoms with Crippen molar-refractivity contribution in [2.24, 2.45) is 4.99 Å². The van der Waals surface area contributed by atoms with E-state index in [4.69, 9.17) is 4.42 Å². The van der Waals surface area contributed by atoms with E-state index in [9.17, 15) is 4.79 Å². The molecule has 0 fully saturated rings. The van der Waals surface area contributed by atoms with Crippen LogP contribution in [-0.2, 0) is 11.3 Å². The molecule has 2 rings (SSSR count). The molecule has 0 saturated carbocycles. The van der Waals surface area contributed by atoms with Gasteiger partial charge in [0.2, 0.25) is 5.91 Å². The van der Waals surface area contributed by atoms with Gasteiger partial charge in [0.05, 0.1) is 6.54 Å². The maximum Gasteiger partial charge on any atom is 0.243 e. The number of para-hydroxylation sites is 1. The van der Waals surface area contributed by atoms with Crippen LogP contribution in [0.25, 0.3) is 11.0 Å². The van der Waals surface area contributed by atoms with Gasteiger partial charge >= 0.3 is 0 Å². The van der Waals surface area contributed by atoms with E-state index in [0.29, 0.717) is 12.5 Å². The van der Waals surface area contributed by atoms with Gasteiger partial charge in [0, 0.05) is 33.1 Å². The van der Waals surface area contributed by atoms with Gasteiger partial charge in [-0.25, -0.2) is 4.99 Å². The Morgan fingerprint density at radius 2 is 1.96 bits per heavy atom. The summed E-state index contributed by atoms with van der Waals surface area (Å²) in [5.74, 6) is 1.51. The largest absolute Gasteiger partial charge is 0.459 e. The van der Waals surface area contributed by atoms with Gasteiger partial charge in [-0.2, -0.15) is 0 Å². The van der Waals surface area contributed by atoms with Crippen molar-refractivity contribution in [2.45, 2.75) is 13.5 Å². The normalized spacial score (nSPS) is 11.1. The number of nitrogens with zero attached hydrogens (tertiary/aromatic N) is 3. The van der Waals surface area contributed by atoms with Crippen molar-refractivity contribution in [1.82, 2.24) is 15.1 Å². The van der Waals surface area contributed by atoms with Gasteiger partial charge in [0.1, 0.15) is 17.9 Å². The molecule has 2 aromatic rings. The van der Waals surface area contributed by atoms with E-state index in [2.05, 4.69) is 10.3 Å². The Morgan fingerprint density at radius 1 is 1.25 bits per heavy atom. The zero-order valence-electron chi connectivity index (χ0n) is 14.6. The Bertz CT molecular complexity index is 664. The maximum absolute atomic E-state index is 11.7. The van der Waals surface area contributed by atoms with Crippen LogP contribution in [0.2, 0.25) is 0 Å². The lowest BCUT2D eigenvalue weighted by Gasteiger charge is -2.21. The second-order valence-electron chi connectivity index (χ2n) is 5.56. The van der Waals surface area contributed by atoms with Crippen molar-refractivity contribution < 1.29 is 9.21 Å². The first-order valence-corrected chi connectivity index (χ1v) is 7.68. The maximum atomic E-state index is 11.7. The number of likely N-dealkylation sites (N-methyl/N-ethyl adjacent to an activating group) is 1. The van der Waals surface area contributed by atoms with Crippen LogP contribution in [0.15, 0.2) is 39.7 Å². The smallest absolute Gasteiger partial charge is 0.243 e. The van der Waals surface area contributed by atoms with Crippen LogP contribution in [0.4, 0.5) is 0 Å². The van der Waals surface area contributed by atoms with Crippen molar-refractivity contribution in [2.75, 3.05) is 34.2 Å². The fourth-order valence-corrected chi connectivity index (χ4v) is 2.18. The molecule has 0 saturated heterocycles. The van der Waals surface area contributed by atoms with Crippen LogP contribution in [0, 0.1) is 0 Å². The molecule has 0 aliphatic carbocycles. The first-order valence-electron chi connectivity index (χ1n) is 7.68. The van der Waals surface area contributed by atoms with E-state index < -0.39 is 0 Å². The number of amides is 1. The fraction of sp³-hybridized carbons (Fsp3) is 0.412. The minimum absolute atomic E-state index is 0. The molecule has 0 bridgehead atoms. The first kappa shape index (κ1) is 20.3. The lowest BCUT2D eigenvalue weighted by Crippen LogP contribution is -2.39. The molecule has 0 unspecified atom stereocenters. The Morgan fingerprint density at radius 3 is 2.58 bits per heavy atom. The van der Waals surface area contributed by atoms with Crippen molar-refractivity contribution in [1.29, 1.82) is 0 Å². The first-order chi connectivity index (χ1) is 11.0. The average Bonchev–Trinajstić information content (AvgIpc) is 2.92. The number of guanidine groups is 1. The second kappa shape index (κ2) is 9.51. The van der Waals surface area contributed by atoms with Gasteiger partial charge in [-0.15, -0.1) is 24.0 Å². The van der Waals surface area contributed by atoms with E-state index in [1.165, 1.54) is 4.90 Å². The van der Waals surface area contributed by atoms with Crippen molar-refractivity contribution in [3.8, 4) is 0 Å². The van der Waals surface area contributed by atoms with Crippen LogP contribution in [0.3, 0.4) is 0 Å². The van der Waals surface area contributed by atoms with E-state index in [1.54, 1.807) is 14.1 Å². The summed E-state index contributed by atoms with van der Waals surface area (Å²) in [5, 5.41) is 4.28. The fourth-order valence-electron chi connectivity index (χ4n) is 2.18. The molecule has 1 heterocycles. The van der Waals surface area contributed by atoms with Crippen LogP contribution in [-0.4, -0.2) is 55.9 Å². The number of furan rings is 1. The summed E-state index contributed by atoms with van der Waals surface area (Å²) in [6.07, 6.45) is 0. The number of carbonyl (C=O) groups excluding carboxylic acids is 1. The number of hydrogen-bond donors (Lipinski definition) is 1. The highest BCUT2D eigenvalue weighted by Gasteiger charge is 2.11. The topological polar surface area (TPSA) is 61.1 Å². The van der Waals surface area contributed by atoms with Gasteiger partial charge in [0.25, 0.3) is 0 Å². The third kappa shape index (κ3) is 5.40. The number of hydrogen-bond acceptors (Lipinski definition) is 3. The van der Waals surface area contributed by atoms with Gasteiger partial charge in [0.15, 0.2) is 5.96 Å². The molecule has 0 radical (unpaired) electrons. The standard InChI is InChI=1S/C17H24N4O2.HI/c1-5-18-17(19-11-16(22)20(2)3)21(4)12-14-10-13-8-6-7-9-15(13)23-14;/h6-10H,5,11-12H2,1-4H3,(H,18,19);1H.